The Labute approximate surface area is 127 Å². The van der Waals surface area contributed by atoms with Gasteiger partial charge in [-0.2, -0.15) is 0 Å². The highest BCUT2D eigenvalue weighted by Crippen LogP contribution is 2.28. The van der Waals surface area contributed by atoms with Crippen molar-refractivity contribution in [3.63, 3.8) is 0 Å². The SMILES string of the molecule is COc1ccc(N)cc1NC(=O)C(C)Sc1cnccn1. The van der Waals surface area contributed by atoms with Crippen molar-refractivity contribution >= 4 is 29.0 Å². The second-order valence-electron chi connectivity index (χ2n) is 4.25. The van der Waals surface area contributed by atoms with E-state index in [0.717, 1.165) is 0 Å². The van der Waals surface area contributed by atoms with Gasteiger partial charge in [0.2, 0.25) is 5.91 Å². The summed E-state index contributed by atoms with van der Waals surface area (Å²) in [4.78, 5) is 20.3. The Balaban J connectivity index is 2.05. The molecule has 0 aliphatic rings. The summed E-state index contributed by atoms with van der Waals surface area (Å²) in [5.74, 6) is 0.406. The molecule has 7 heteroatoms. The van der Waals surface area contributed by atoms with Crippen LogP contribution in [0.15, 0.2) is 41.8 Å². The lowest BCUT2D eigenvalue weighted by Crippen LogP contribution is -2.22. The number of amides is 1. The highest BCUT2D eigenvalue weighted by Gasteiger charge is 2.17. The van der Waals surface area contributed by atoms with Gasteiger partial charge in [-0.3, -0.25) is 9.78 Å². The molecule has 1 amide bonds. The third-order valence-electron chi connectivity index (χ3n) is 2.69. The van der Waals surface area contributed by atoms with E-state index in [1.165, 1.54) is 11.8 Å². The third kappa shape index (κ3) is 4.09. The van der Waals surface area contributed by atoms with E-state index in [9.17, 15) is 4.79 Å². The van der Waals surface area contributed by atoms with E-state index >= 15 is 0 Å². The van der Waals surface area contributed by atoms with Crippen LogP contribution in [0.5, 0.6) is 5.75 Å². The summed E-state index contributed by atoms with van der Waals surface area (Å²) in [7, 11) is 1.54. The number of ether oxygens (including phenoxy) is 1. The lowest BCUT2D eigenvalue weighted by atomic mass is 10.2. The van der Waals surface area contributed by atoms with E-state index in [2.05, 4.69) is 15.3 Å². The number of nitrogen functional groups attached to an aromatic ring is 1. The number of nitrogens with two attached hydrogens (primary N) is 1. The number of methoxy groups -OCH3 is 1. The molecule has 2 rings (SSSR count). The predicted octanol–water partition coefficient (Wildman–Crippen LogP) is 2.19. The van der Waals surface area contributed by atoms with Crippen molar-refractivity contribution in [3.05, 3.63) is 36.8 Å². The van der Waals surface area contributed by atoms with Gasteiger partial charge in [-0.15, -0.1) is 0 Å². The van der Waals surface area contributed by atoms with Crippen LogP contribution in [0.3, 0.4) is 0 Å². The molecule has 0 radical (unpaired) electrons. The summed E-state index contributed by atoms with van der Waals surface area (Å²) in [6.07, 6.45) is 4.80. The second kappa shape index (κ2) is 6.94. The van der Waals surface area contributed by atoms with Gasteiger partial charge in [-0.05, 0) is 25.1 Å². The van der Waals surface area contributed by atoms with Crippen LogP contribution >= 0.6 is 11.8 Å². The van der Waals surface area contributed by atoms with E-state index in [1.54, 1.807) is 50.8 Å². The Morgan fingerprint density at radius 3 is 2.90 bits per heavy atom. The van der Waals surface area contributed by atoms with Gasteiger partial charge in [0.15, 0.2) is 0 Å². The minimum atomic E-state index is -0.326. The van der Waals surface area contributed by atoms with Crippen molar-refractivity contribution < 1.29 is 9.53 Å². The second-order valence-corrected chi connectivity index (χ2v) is 5.61. The van der Waals surface area contributed by atoms with Gasteiger partial charge in [0.05, 0.1) is 24.2 Å². The summed E-state index contributed by atoms with van der Waals surface area (Å²) in [6.45, 7) is 1.80. The highest BCUT2D eigenvalue weighted by molar-refractivity contribution is 8.00. The predicted molar refractivity (Wildman–Crippen MR) is 83.4 cm³/mol. The van der Waals surface area contributed by atoms with E-state index < -0.39 is 0 Å². The van der Waals surface area contributed by atoms with Gasteiger partial charge in [-0.1, -0.05) is 11.8 Å². The fourth-order valence-electron chi connectivity index (χ4n) is 1.64. The Bertz CT molecular complexity index is 622. The van der Waals surface area contributed by atoms with E-state index in [4.69, 9.17) is 10.5 Å². The topological polar surface area (TPSA) is 90.1 Å². The number of nitrogens with zero attached hydrogens (tertiary/aromatic N) is 2. The first-order valence-corrected chi connectivity index (χ1v) is 7.15. The summed E-state index contributed by atoms with van der Waals surface area (Å²) in [5, 5.41) is 3.18. The molecule has 0 aliphatic carbocycles. The average Bonchev–Trinajstić information content (AvgIpc) is 2.48. The number of benzene rings is 1. The quantitative estimate of drug-likeness (QED) is 0.650. The molecule has 0 bridgehead atoms. The monoisotopic (exact) mass is 304 g/mol. The summed E-state index contributed by atoms with van der Waals surface area (Å²) >= 11 is 1.33. The van der Waals surface area contributed by atoms with Crippen molar-refractivity contribution in [2.45, 2.75) is 17.2 Å². The Kier molecular flexibility index (Phi) is 4.99. The summed E-state index contributed by atoms with van der Waals surface area (Å²) in [6, 6.07) is 5.09. The molecule has 3 N–H and O–H groups in total. The zero-order chi connectivity index (χ0) is 15.2. The van der Waals surface area contributed by atoms with Crippen molar-refractivity contribution in [1.29, 1.82) is 0 Å². The molecule has 0 spiro atoms. The van der Waals surface area contributed by atoms with Crippen LogP contribution in [0, 0.1) is 0 Å². The zero-order valence-corrected chi connectivity index (χ0v) is 12.6. The van der Waals surface area contributed by atoms with Crippen molar-refractivity contribution in [3.8, 4) is 5.75 Å². The van der Waals surface area contributed by atoms with Crippen molar-refractivity contribution in [2.75, 3.05) is 18.2 Å². The van der Waals surface area contributed by atoms with Crippen molar-refractivity contribution in [1.82, 2.24) is 9.97 Å². The summed E-state index contributed by atoms with van der Waals surface area (Å²) < 4.78 is 5.20. The fraction of sp³-hybridized carbons (Fsp3) is 0.214. The Morgan fingerprint density at radius 1 is 1.43 bits per heavy atom. The van der Waals surface area contributed by atoms with Crippen LogP contribution in [0.2, 0.25) is 0 Å². The molecule has 0 saturated heterocycles. The molecule has 1 heterocycles. The number of anilines is 2. The molecule has 0 saturated carbocycles. The van der Waals surface area contributed by atoms with E-state index in [1.807, 2.05) is 0 Å². The van der Waals surface area contributed by atoms with Crippen LogP contribution in [0.4, 0.5) is 11.4 Å². The smallest absolute Gasteiger partial charge is 0.237 e. The maximum Gasteiger partial charge on any atom is 0.237 e. The first kappa shape index (κ1) is 15.1. The molecule has 1 unspecified atom stereocenters. The van der Waals surface area contributed by atoms with E-state index in [-0.39, 0.29) is 11.2 Å². The van der Waals surface area contributed by atoms with E-state index in [0.29, 0.717) is 22.2 Å². The number of thioether (sulfide) groups is 1. The lowest BCUT2D eigenvalue weighted by Gasteiger charge is -2.14. The molecule has 1 atom stereocenters. The first-order valence-electron chi connectivity index (χ1n) is 6.27. The largest absolute Gasteiger partial charge is 0.495 e. The Morgan fingerprint density at radius 2 is 2.24 bits per heavy atom. The van der Waals surface area contributed by atoms with Gasteiger partial charge in [0, 0.05) is 18.1 Å². The molecule has 110 valence electrons. The van der Waals surface area contributed by atoms with Crippen LogP contribution in [0.25, 0.3) is 0 Å². The number of hydrogen-bond acceptors (Lipinski definition) is 6. The minimum absolute atomic E-state index is 0.158. The maximum absolute atomic E-state index is 12.2. The van der Waals surface area contributed by atoms with Crippen LogP contribution < -0.4 is 15.8 Å². The van der Waals surface area contributed by atoms with Gasteiger partial charge in [-0.25, -0.2) is 4.98 Å². The van der Waals surface area contributed by atoms with Gasteiger partial charge < -0.3 is 15.8 Å². The van der Waals surface area contributed by atoms with Gasteiger partial charge in [0.25, 0.3) is 0 Å². The minimum Gasteiger partial charge on any atom is -0.495 e. The molecule has 2 aromatic rings. The van der Waals surface area contributed by atoms with Gasteiger partial charge >= 0.3 is 0 Å². The molecule has 1 aromatic carbocycles. The highest BCUT2D eigenvalue weighted by atomic mass is 32.2. The average molecular weight is 304 g/mol. The standard InChI is InChI=1S/C14H16N4O2S/c1-9(21-13-8-16-5-6-17-13)14(19)18-11-7-10(15)3-4-12(11)20-2/h3-9H,15H2,1-2H3,(H,18,19). The molecular formula is C14H16N4O2S. The molecule has 6 nitrogen and oxygen atoms in total. The van der Waals surface area contributed by atoms with Crippen LogP contribution in [-0.2, 0) is 4.79 Å². The summed E-state index contributed by atoms with van der Waals surface area (Å²) in [5.41, 5.74) is 6.83. The normalized spacial score (nSPS) is 11.7. The first-order chi connectivity index (χ1) is 10.1. The number of aromatic nitrogens is 2. The number of nitrogens with one attached hydrogen (secondary N) is 1. The molecule has 0 fully saturated rings. The lowest BCUT2D eigenvalue weighted by molar-refractivity contribution is -0.115. The van der Waals surface area contributed by atoms with Crippen LogP contribution in [0.1, 0.15) is 6.92 Å². The third-order valence-corrected chi connectivity index (χ3v) is 3.71. The number of rotatable bonds is 5. The number of carbonyl (C=O) groups excluding carboxylic acids is 1. The Hall–Kier alpha value is -2.28. The maximum atomic E-state index is 12.2. The molecule has 21 heavy (non-hydrogen) atoms. The zero-order valence-electron chi connectivity index (χ0n) is 11.7. The molecule has 0 aliphatic heterocycles. The fourth-order valence-corrected chi connectivity index (χ4v) is 2.41. The molecular weight excluding hydrogens is 288 g/mol. The number of carbonyl (C=O) groups is 1. The van der Waals surface area contributed by atoms with Crippen molar-refractivity contribution in [2.24, 2.45) is 0 Å². The molecule has 1 aromatic heterocycles. The van der Waals surface area contributed by atoms with Gasteiger partial charge in [0.1, 0.15) is 10.8 Å². The number of hydrogen-bond donors (Lipinski definition) is 2. The van der Waals surface area contributed by atoms with Crippen LogP contribution in [-0.4, -0.2) is 28.2 Å².